The zero-order valence-corrected chi connectivity index (χ0v) is 11.8. The van der Waals surface area contributed by atoms with Crippen molar-refractivity contribution in [3.63, 3.8) is 0 Å². The monoisotopic (exact) mass is 277 g/mol. The molecule has 0 aromatic heterocycles. The molecular weight excluding hydrogens is 257 g/mol. The predicted molar refractivity (Wildman–Crippen MR) is 78.3 cm³/mol. The van der Waals surface area contributed by atoms with Gasteiger partial charge in [-0.05, 0) is 43.9 Å². The fourth-order valence-electron chi connectivity index (χ4n) is 2.86. The lowest BCUT2D eigenvalue weighted by Gasteiger charge is -2.39. The second kappa shape index (κ2) is 6.07. The Kier molecular flexibility index (Phi) is 4.42. The number of carboxylic acids is 1. The summed E-state index contributed by atoms with van der Waals surface area (Å²) in [4.78, 5) is 12.8. The van der Waals surface area contributed by atoms with Gasteiger partial charge in [-0.3, -0.25) is 0 Å². The average molecular weight is 277 g/mol. The van der Waals surface area contributed by atoms with Crippen molar-refractivity contribution in [2.45, 2.75) is 32.7 Å². The highest BCUT2D eigenvalue weighted by atomic mass is 19.1. The van der Waals surface area contributed by atoms with E-state index in [-0.39, 0.29) is 5.82 Å². The summed E-state index contributed by atoms with van der Waals surface area (Å²) in [5.41, 5.74) is 1.14. The lowest BCUT2D eigenvalue weighted by atomic mass is 9.92. The van der Waals surface area contributed by atoms with Crippen LogP contribution in [0.2, 0.25) is 0 Å². The zero-order valence-electron chi connectivity index (χ0n) is 11.8. The first-order valence-corrected chi connectivity index (χ1v) is 6.95. The minimum atomic E-state index is -1.07. The Balaban J connectivity index is 2.36. The highest BCUT2D eigenvalue weighted by molar-refractivity contribution is 5.87. The average Bonchev–Trinajstić information content (AvgIpc) is 2.37. The first-order chi connectivity index (χ1) is 9.49. The van der Waals surface area contributed by atoms with Gasteiger partial charge in [0.25, 0.3) is 0 Å². The third-order valence-electron chi connectivity index (χ3n) is 3.87. The summed E-state index contributed by atoms with van der Waals surface area (Å²) in [6, 6.07) is 5.23. The van der Waals surface area contributed by atoms with E-state index in [4.69, 9.17) is 5.11 Å². The van der Waals surface area contributed by atoms with Gasteiger partial charge in [0.1, 0.15) is 5.82 Å². The number of halogens is 1. The molecule has 1 heterocycles. The van der Waals surface area contributed by atoms with E-state index in [0.29, 0.717) is 17.5 Å². The SMILES string of the molecule is CC1CCN(c2cccc(F)c2/C=C/C(=O)O)C(C)C1. The molecule has 4 heteroatoms. The highest BCUT2D eigenvalue weighted by Gasteiger charge is 2.25. The van der Waals surface area contributed by atoms with Crippen LogP contribution in [0.4, 0.5) is 10.1 Å². The molecule has 1 fully saturated rings. The first kappa shape index (κ1) is 14.6. The normalized spacial score (nSPS) is 23.2. The molecule has 1 aromatic carbocycles. The van der Waals surface area contributed by atoms with Crippen molar-refractivity contribution in [2.24, 2.45) is 5.92 Å². The topological polar surface area (TPSA) is 40.5 Å². The van der Waals surface area contributed by atoms with E-state index in [1.807, 2.05) is 6.07 Å². The standard InChI is InChI=1S/C16H20FNO2/c1-11-8-9-18(12(2)10-11)15-5-3-4-14(17)13(15)6-7-16(19)20/h3-7,11-12H,8-10H2,1-2H3,(H,19,20)/b7-6+. The highest BCUT2D eigenvalue weighted by Crippen LogP contribution is 2.32. The van der Waals surface area contributed by atoms with Crippen molar-refractivity contribution >= 4 is 17.7 Å². The van der Waals surface area contributed by atoms with Gasteiger partial charge in [0.15, 0.2) is 0 Å². The van der Waals surface area contributed by atoms with Crippen LogP contribution in [-0.4, -0.2) is 23.7 Å². The third-order valence-corrected chi connectivity index (χ3v) is 3.87. The van der Waals surface area contributed by atoms with Crippen LogP contribution in [0.25, 0.3) is 6.08 Å². The number of benzene rings is 1. The Hall–Kier alpha value is -1.84. The van der Waals surface area contributed by atoms with E-state index < -0.39 is 5.97 Å². The molecule has 0 radical (unpaired) electrons. The van der Waals surface area contributed by atoms with Gasteiger partial charge in [0, 0.05) is 29.9 Å². The second-order valence-corrected chi connectivity index (χ2v) is 5.52. The largest absolute Gasteiger partial charge is 0.478 e. The number of hydrogen-bond acceptors (Lipinski definition) is 2. The number of nitrogens with zero attached hydrogens (tertiary/aromatic N) is 1. The molecule has 0 aliphatic carbocycles. The van der Waals surface area contributed by atoms with Crippen LogP contribution in [-0.2, 0) is 4.79 Å². The van der Waals surface area contributed by atoms with E-state index in [0.717, 1.165) is 31.1 Å². The van der Waals surface area contributed by atoms with Crippen LogP contribution in [0.15, 0.2) is 24.3 Å². The summed E-state index contributed by atoms with van der Waals surface area (Å²) in [5, 5.41) is 8.73. The summed E-state index contributed by atoms with van der Waals surface area (Å²) in [7, 11) is 0. The molecule has 3 nitrogen and oxygen atoms in total. The van der Waals surface area contributed by atoms with E-state index in [2.05, 4.69) is 18.7 Å². The molecule has 0 amide bonds. The molecule has 1 aliphatic rings. The fourth-order valence-corrected chi connectivity index (χ4v) is 2.86. The molecule has 2 rings (SSSR count). The third kappa shape index (κ3) is 3.18. The van der Waals surface area contributed by atoms with E-state index in [9.17, 15) is 9.18 Å². The van der Waals surface area contributed by atoms with Gasteiger partial charge < -0.3 is 10.0 Å². The molecule has 0 bridgehead atoms. The Morgan fingerprint density at radius 2 is 2.20 bits per heavy atom. The van der Waals surface area contributed by atoms with Crippen LogP contribution in [0, 0.1) is 11.7 Å². The summed E-state index contributed by atoms with van der Waals surface area (Å²) in [6.07, 6.45) is 4.47. The number of carboxylic acid groups (broad SMARTS) is 1. The minimum absolute atomic E-state index is 0.331. The lowest BCUT2D eigenvalue weighted by molar-refractivity contribution is -0.131. The molecule has 0 spiro atoms. The maximum Gasteiger partial charge on any atom is 0.328 e. The van der Waals surface area contributed by atoms with Gasteiger partial charge in [-0.2, -0.15) is 0 Å². The van der Waals surface area contributed by atoms with Crippen LogP contribution in [0.5, 0.6) is 0 Å². The van der Waals surface area contributed by atoms with Gasteiger partial charge in [0.05, 0.1) is 0 Å². The van der Waals surface area contributed by atoms with Crippen molar-refractivity contribution in [1.82, 2.24) is 0 Å². The van der Waals surface area contributed by atoms with Crippen LogP contribution < -0.4 is 4.90 Å². The Morgan fingerprint density at radius 3 is 2.85 bits per heavy atom. The molecule has 2 unspecified atom stereocenters. The zero-order chi connectivity index (χ0) is 14.7. The summed E-state index contributed by atoms with van der Waals surface area (Å²) >= 11 is 0. The van der Waals surface area contributed by atoms with Crippen LogP contribution >= 0.6 is 0 Å². The van der Waals surface area contributed by atoms with Gasteiger partial charge >= 0.3 is 5.97 Å². The molecule has 1 aromatic rings. The maximum atomic E-state index is 14.0. The Morgan fingerprint density at radius 1 is 1.45 bits per heavy atom. The minimum Gasteiger partial charge on any atom is -0.478 e. The molecule has 2 atom stereocenters. The van der Waals surface area contributed by atoms with Crippen molar-refractivity contribution in [1.29, 1.82) is 0 Å². The van der Waals surface area contributed by atoms with Gasteiger partial charge in [-0.25, -0.2) is 9.18 Å². The van der Waals surface area contributed by atoms with E-state index in [1.165, 1.54) is 12.1 Å². The summed E-state index contributed by atoms with van der Waals surface area (Å²) in [6.45, 7) is 5.23. The van der Waals surface area contributed by atoms with Gasteiger partial charge in [-0.1, -0.05) is 13.0 Å². The van der Waals surface area contributed by atoms with Crippen molar-refractivity contribution in [3.8, 4) is 0 Å². The Bertz CT molecular complexity index is 527. The fraction of sp³-hybridized carbons (Fsp3) is 0.438. The summed E-state index contributed by atoms with van der Waals surface area (Å²) < 4.78 is 14.0. The molecule has 1 aliphatic heterocycles. The molecule has 1 saturated heterocycles. The molecule has 0 saturated carbocycles. The number of carbonyl (C=O) groups is 1. The second-order valence-electron chi connectivity index (χ2n) is 5.52. The molecular formula is C16H20FNO2. The van der Waals surface area contributed by atoms with Crippen molar-refractivity contribution in [3.05, 3.63) is 35.7 Å². The lowest BCUT2D eigenvalue weighted by Crippen LogP contribution is -2.40. The quantitative estimate of drug-likeness (QED) is 0.859. The Labute approximate surface area is 118 Å². The number of rotatable bonds is 3. The van der Waals surface area contributed by atoms with Crippen LogP contribution in [0.1, 0.15) is 32.3 Å². The van der Waals surface area contributed by atoms with Crippen molar-refractivity contribution in [2.75, 3.05) is 11.4 Å². The van der Waals surface area contributed by atoms with Crippen molar-refractivity contribution < 1.29 is 14.3 Å². The van der Waals surface area contributed by atoms with E-state index in [1.54, 1.807) is 6.07 Å². The van der Waals surface area contributed by atoms with Crippen LogP contribution in [0.3, 0.4) is 0 Å². The number of aliphatic carboxylic acids is 1. The van der Waals surface area contributed by atoms with Gasteiger partial charge in [-0.15, -0.1) is 0 Å². The summed E-state index contributed by atoms with van der Waals surface area (Å²) in [5.74, 6) is -0.779. The number of anilines is 1. The number of hydrogen-bond donors (Lipinski definition) is 1. The number of piperidine rings is 1. The molecule has 1 N–H and O–H groups in total. The maximum absolute atomic E-state index is 14.0. The smallest absolute Gasteiger partial charge is 0.328 e. The first-order valence-electron chi connectivity index (χ1n) is 6.95. The predicted octanol–water partition coefficient (Wildman–Crippen LogP) is 3.55. The molecule has 20 heavy (non-hydrogen) atoms. The molecule has 108 valence electrons. The van der Waals surface area contributed by atoms with Gasteiger partial charge in [0.2, 0.25) is 0 Å². The van der Waals surface area contributed by atoms with E-state index >= 15 is 0 Å².